The van der Waals surface area contributed by atoms with Gasteiger partial charge in [-0.25, -0.2) is 0 Å². The van der Waals surface area contributed by atoms with E-state index in [9.17, 15) is 4.79 Å². The number of aryl methyl sites for hydroxylation is 1. The van der Waals surface area contributed by atoms with Crippen LogP contribution in [0.4, 0.5) is 5.69 Å². The Bertz CT molecular complexity index is 663. The topological polar surface area (TPSA) is 50.4 Å². The Labute approximate surface area is 136 Å². The molecule has 4 heteroatoms. The van der Waals surface area contributed by atoms with Crippen LogP contribution in [0.5, 0.6) is 5.75 Å². The maximum Gasteiger partial charge on any atom is 0.262 e. The van der Waals surface area contributed by atoms with Gasteiger partial charge in [-0.1, -0.05) is 29.8 Å². The largest absolute Gasteiger partial charge is 0.484 e. The standard InChI is InChI=1S/C19H22N2O2/c1-14-5-7-17(8-6-14)21-19(22)13-23-18-4-2-3-15(11-18)12-20-16-9-10-16/h2-8,11,16,20H,9-10,12-13H2,1H3,(H,21,22). The van der Waals surface area contributed by atoms with Gasteiger partial charge in [0, 0.05) is 18.3 Å². The minimum atomic E-state index is -0.157. The highest BCUT2D eigenvalue weighted by atomic mass is 16.5. The van der Waals surface area contributed by atoms with Crippen molar-refractivity contribution in [2.75, 3.05) is 11.9 Å². The Morgan fingerprint density at radius 2 is 1.96 bits per heavy atom. The zero-order chi connectivity index (χ0) is 16.1. The minimum Gasteiger partial charge on any atom is -0.484 e. The van der Waals surface area contributed by atoms with E-state index in [1.54, 1.807) is 0 Å². The zero-order valence-electron chi connectivity index (χ0n) is 13.3. The fraction of sp³-hybridized carbons (Fsp3) is 0.316. The normalized spacial score (nSPS) is 13.6. The first-order valence-electron chi connectivity index (χ1n) is 8.01. The van der Waals surface area contributed by atoms with E-state index in [2.05, 4.69) is 16.7 Å². The van der Waals surface area contributed by atoms with E-state index >= 15 is 0 Å². The molecule has 0 saturated heterocycles. The molecule has 0 atom stereocenters. The van der Waals surface area contributed by atoms with Crippen molar-refractivity contribution in [3.8, 4) is 5.75 Å². The maximum absolute atomic E-state index is 11.9. The van der Waals surface area contributed by atoms with Gasteiger partial charge in [-0.05, 0) is 49.6 Å². The van der Waals surface area contributed by atoms with E-state index in [0.717, 1.165) is 23.5 Å². The molecule has 1 saturated carbocycles. The Hall–Kier alpha value is -2.33. The molecule has 1 aliphatic carbocycles. The number of nitrogens with one attached hydrogen (secondary N) is 2. The van der Waals surface area contributed by atoms with Crippen molar-refractivity contribution < 1.29 is 9.53 Å². The molecule has 0 aliphatic heterocycles. The second-order valence-electron chi connectivity index (χ2n) is 6.01. The third-order valence-corrected chi connectivity index (χ3v) is 3.78. The smallest absolute Gasteiger partial charge is 0.262 e. The van der Waals surface area contributed by atoms with Crippen LogP contribution in [0.15, 0.2) is 48.5 Å². The fourth-order valence-corrected chi connectivity index (χ4v) is 2.28. The van der Waals surface area contributed by atoms with Crippen molar-refractivity contribution in [2.24, 2.45) is 0 Å². The highest BCUT2D eigenvalue weighted by molar-refractivity contribution is 5.91. The van der Waals surface area contributed by atoms with Crippen LogP contribution in [0.2, 0.25) is 0 Å². The van der Waals surface area contributed by atoms with Gasteiger partial charge in [0.25, 0.3) is 5.91 Å². The molecule has 23 heavy (non-hydrogen) atoms. The SMILES string of the molecule is Cc1ccc(NC(=O)COc2cccc(CNC3CC3)c2)cc1. The van der Waals surface area contributed by atoms with E-state index in [-0.39, 0.29) is 12.5 Å². The van der Waals surface area contributed by atoms with Crippen LogP contribution in [-0.4, -0.2) is 18.6 Å². The predicted molar refractivity (Wildman–Crippen MR) is 91.6 cm³/mol. The van der Waals surface area contributed by atoms with Crippen LogP contribution in [0.25, 0.3) is 0 Å². The number of amides is 1. The molecule has 1 fully saturated rings. The molecule has 2 aromatic carbocycles. The summed E-state index contributed by atoms with van der Waals surface area (Å²) in [7, 11) is 0. The number of rotatable bonds is 7. The second-order valence-corrected chi connectivity index (χ2v) is 6.01. The summed E-state index contributed by atoms with van der Waals surface area (Å²) in [6, 6.07) is 16.3. The van der Waals surface area contributed by atoms with E-state index < -0.39 is 0 Å². The quantitative estimate of drug-likeness (QED) is 0.825. The van der Waals surface area contributed by atoms with Crippen LogP contribution in [-0.2, 0) is 11.3 Å². The number of hydrogen-bond donors (Lipinski definition) is 2. The van der Waals surface area contributed by atoms with Gasteiger partial charge >= 0.3 is 0 Å². The van der Waals surface area contributed by atoms with E-state index in [1.165, 1.54) is 18.4 Å². The average molecular weight is 310 g/mol. The summed E-state index contributed by atoms with van der Waals surface area (Å²) in [5, 5.41) is 6.29. The summed E-state index contributed by atoms with van der Waals surface area (Å²) in [6.45, 7) is 2.87. The van der Waals surface area contributed by atoms with Crippen molar-refractivity contribution >= 4 is 11.6 Å². The summed E-state index contributed by atoms with van der Waals surface area (Å²) in [5.74, 6) is 0.564. The molecule has 120 valence electrons. The number of carbonyl (C=O) groups excluding carboxylic acids is 1. The van der Waals surface area contributed by atoms with Gasteiger partial charge in [-0.15, -0.1) is 0 Å². The molecule has 2 aromatic rings. The lowest BCUT2D eigenvalue weighted by Gasteiger charge is -2.09. The second kappa shape index (κ2) is 7.29. The lowest BCUT2D eigenvalue weighted by Crippen LogP contribution is -2.20. The first-order chi connectivity index (χ1) is 11.2. The van der Waals surface area contributed by atoms with Crippen molar-refractivity contribution in [3.63, 3.8) is 0 Å². The number of benzene rings is 2. The van der Waals surface area contributed by atoms with Crippen LogP contribution in [0.1, 0.15) is 24.0 Å². The lowest BCUT2D eigenvalue weighted by molar-refractivity contribution is -0.118. The fourth-order valence-electron chi connectivity index (χ4n) is 2.28. The Morgan fingerprint density at radius 3 is 2.70 bits per heavy atom. The van der Waals surface area contributed by atoms with Crippen LogP contribution in [0.3, 0.4) is 0 Å². The van der Waals surface area contributed by atoms with Gasteiger partial charge in [0.1, 0.15) is 5.75 Å². The number of anilines is 1. The molecule has 0 heterocycles. The zero-order valence-corrected chi connectivity index (χ0v) is 13.3. The third-order valence-electron chi connectivity index (χ3n) is 3.78. The van der Waals surface area contributed by atoms with Gasteiger partial charge in [0.05, 0.1) is 0 Å². The summed E-state index contributed by atoms with van der Waals surface area (Å²) >= 11 is 0. The molecule has 1 aliphatic rings. The molecular weight excluding hydrogens is 288 g/mol. The molecule has 0 aromatic heterocycles. The molecule has 2 N–H and O–H groups in total. The van der Waals surface area contributed by atoms with Crippen molar-refractivity contribution in [3.05, 3.63) is 59.7 Å². The molecule has 4 nitrogen and oxygen atoms in total. The van der Waals surface area contributed by atoms with Crippen molar-refractivity contribution in [1.29, 1.82) is 0 Å². The molecule has 0 spiro atoms. The first kappa shape index (κ1) is 15.6. The molecule has 0 unspecified atom stereocenters. The number of carbonyl (C=O) groups is 1. The van der Waals surface area contributed by atoms with Crippen LogP contribution >= 0.6 is 0 Å². The molecule has 0 radical (unpaired) electrons. The summed E-state index contributed by atoms with van der Waals surface area (Å²) in [5.41, 5.74) is 3.12. The maximum atomic E-state index is 11.9. The monoisotopic (exact) mass is 310 g/mol. The van der Waals surface area contributed by atoms with Gasteiger partial charge in [0.15, 0.2) is 6.61 Å². The van der Waals surface area contributed by atoms with Crippen LogP contribution < -0.4 is 15.4 Å². The minimum absolute atomic E-state index is 0.00732. The predicted octanol–water partition coefficient (Wildman–Crippen LogP) is 3.26. The summed E-state index contributed by atoms with van der Waals surface area (Å²) in [6.07, 6.45) is 2.55. The highest BCUT2D eigenvalue weighted by Gasteiger charge is 2.19. The first-order valence-corrected chi connectivity index (χ1v) is 8.01. The molecule has 3 rings (SSSR count). The summed E-state index contributed by atoms with van der Waals surface area (Å²) in [4.78, 5) is 11.9. The van der Waals surface area contributed by atoms with Gasteiger partial charge in [0.2, 0.25) is 0 Å². The number of hydrogen-bond acceptors (Lipinski definition) is 3. The molecular formula is C19H22N2O2. The van der Waals surface area contributed by atoms with E-state index in [1.807, 2.05) is 49.4 Å². The molecule has 1 amide bonds. The number of ether oxygens (including phenoxy) is 1. The van der Waals surface area contributed by atoms with E-state index in [0.29, 0.717) is 6.04 Å². The van der Waals surface area contributed by atoms with Gasteiger partial charge < -0.3 is 15.4 Å². The summed E-state index contributed by atoms with van der Waals surface area (Å²) < 4.78 is 5.59. The Balaban J connectivity index is 1.47. The van der Waals surface area contributed by atoms with E-state index in [4.69, 9.17) is 4.74 Å². The third kappa shape index (κ3) is 5.11. The Morgan fingerprint density at radius 1 is 1.17 bits per heavy atom. The van der Waals surface area contributed by atoms with Crippen molar-refractivity contribution in [2.45, 2.75) is 32.4 Å². The molecule has 0 bridgehead atoms. The van der Waals surface area contributed by atoms with Crippen LogP contribution in [0, 0.1) is 6.92 Å². The van der Waals surface area contributed by atoms with Crippen molar-refractivity contribution in [1.82, 2.24) is 5.32 Å². The lowest BCUT2D eigenvalue weighted by atomic mass is 10.2. The van der Waals surface area contributed by atoms with Gasteiger partial charge in [-0.2, -0.15) is 0 Å². The highest BCUT2D eigenvalue weighted by Crippen LogP contribution is 2.20. The average Bonchev–Trinajstić information content (AvgIpc) is 3.38. The van der Waals surface area contributed by atoms with Gasteiger partial charge in [-0.3, -0.25) is 4.79 Å². The Kier molecular flexibility index (Phi) is 4.93.